The fraction of sp³-hybridized carbons (Fsp3) is 0.294. The Morgan fingerprint density at radius 3 is 2.59 bits per heavy atom. The fourth-order valence-electron chi connectivity index (χ4n) is 2.37. The first-order valence-electron chi connectivity index (χ1n) is 7.93. The first-order valence-corrected chi connectivity index (χ1v) is 7.93. The highest BCUT2D eigenvalue weighted by molar-refractivity contribution is 5.57. The lowest BCUT2D eigenvalue weighted by Crippen LogP contribution is -2.22. The Morgan fingerprint density at radius 1 is 1.26 bits per heavy atom. The number of azo groups is 1. The largest absolute Gasteiger partial charge is 0.506 e. The molecule has 0 fully saturated rings. The minimum absolute atomic E-state index is 0.0565. The van der Waals surface area contributed by atoms with Gasteiger partial charge in [-0.3, -0.25) is 19.5 Å². The number of rotatable bonds is 6. The Hall–Kier alpha value is -3.74. The minimum Gasteiger partial charge on any atom is -0.506 e. The van der Waals surface area contributed by atoms with Crippen molar-refractivity contribution < 1.29 is 15.1 Å². The van der Waals surface area contributed by atoms with E-state index in [1.165, 1.54) is 0 Å². The number of nitro benzene ring substituents is 1. The van der Waals surface area contributed by atoms with Gasteiger partial charge < -0.3 is 15.1 Å². The standard InChI is InChI=1S/C17H17N5O5/c1-10-11(2)16(24)21(8-4-7-18-3)17(25)15(10)20-19-13-9-12(22(26)27)5-6-14(13)23/h5-6,9,23-24H,4,7-8H2,1-2H3. The molecular weight excluding hydrogens is 354 g/mol. The summed E-state index contributed by atoms with van der Waals surface area (Å²) in [7, 11) is 0. The Labute approximate surface area is 154 Å². The molecule has 0 radical (unpaired) electrons. The maximum Gasteiger partial charge on any atom is 0.281 e. The number of aromatic nitrogens is 1. The fourth-order valence-corrected chi connectivity index (χ4v) is 2.37. The van der Waals surface area contributed by atoms with Crippen molar-refractivity contribution in [3.63, 3.8) is 0 Å². The summed E-state index contributed by atoms with van der Waals surface area (Å²) in [5.74, 6) is -0.533. The molecule has 0 aliphatic rings. The predicted molar refractivity (Wildman–Crippen MR) is 96.9 cm³/mol. The van der Waals surface area contributed by atoms with Gasteiger partial charge in [-0.1, -0.05) is 0 Å². The number of aromatic hydroxyl groups is 2. The molecule has 0 aliphatic heterocycles. The minimum atomic E-state index is -0.640. The molecule has 0 saturated carbocycles. The molecule has 0 amide bonds. The molecular formula is C17H17N5O5. The van der Waals surface area contributed by atoms with Crippen LogP contribution >= 0.6 is 0 Å². The summed E-state index contributed by atoms with van der Waals surface area (Å²) in [4.78, 5) is 26.1. The van der Waals surface area contributed by atoms with Gasteiger partial charge in [0.05, 0.1) is 4.92 Å². The van der Waals surface area contributed by atoms with Crippen molar-refractivity contribution in [3.05, 3.63) is 61.2 Å². The molecule has 10 heteroatoms. The molecule has 10 nitrogen and oxygen atoms in total. The lowest BCUT2D eigenvalue weighted by atomic mass is 10.1. The smallest absolute Gasteiger partial charge is 0.281 e. The van der Waals surface area contributed by atoms with E-state index in [0.717, 1.165) is 22.8 Å². The topological polar surface area (TPSA) is 135 Å². The van der Waals surface area contributed by atoms with Gasteiger partial charge in [0.1, 0.15) is 11.4 Å². The van der Waals surface area contributed by atoms with Crippen LogP contribution in [0, 0.1) is 30.5 Å². The quantitative estimate of drug-likeness (QED) is 0.263. The second-order valence-corrected chi connectivity index (χ2v) is 5.74. The number of hydrogen-bond acceptors (Lipinski definition) is 7. The summed E-state index contributed by atoms with van der Waals surface area (Å²) in [6, 6.07) is 3.27. The van der Waals surface area contributed by atoms with Crippen LogP contribution in [0.15, 0.2) is 33.2 Å². The van der Waals surface area contributed by atoms with Crippen LogP contribution < -0.4 is 5.56 Å². The molecule has 1 aromatic heterocycles. The molecule has 2 N–H and O–H groups in total. The molecule has 2 rings (SSSR count). The molecule has 140 valence electrons. The molecule has 0 saturated heterocycles. The molecule has 0 spiro atoms. The van der Waals surface area contributed by atoms with Crippen molar-refractivity contribution in [3.8, 4) is 11.6 Å². The number of nitrogens with zero attached hydrogens (tertiary/aromatic N) is 5. The van der Waals surface area contributed by atoms with Gasteiger partial charge in [-0.2, -0.15) is 0 Å². The van der Waals surface area contributed by atoms with Gasteiger partial charge in [0.25, 0.3) is 11.2 Å². The Kier molecular flexibility index (Phi) is 5.87. The van der Waals surface area contributed by atoms with E-state index in [1.54, 1.807) is 13.8 Å². The number of pyridine rings is 1. The first-order chi connectivity index (χ1) is 12.8. The van der Waals surface area contributed by atoms with Crippen LogP contribution in [-0.2, 0) is 6.54 Å². The zero-order valence-corrected chi connectivity index (χ0v) is 14.7. The van der Waals surface area contributed by atoms with E-state index in [0.29, 0.717) is 17.5 Å². The summed E-state index contributed by atoms with van der Waals surface area (Å²) < 4.78 is 1.11. The number of nitro groups is 1. The van der Waals surface area contributed by atoms with E-state index in [-0.39, 0.29) is 41.8 Å². The van der Waals surface area contributed by atoms with Crippen LogP contribution in [0.1, 0.15) is 17.5 Å². The van der Waals surface area contributed by atoms with E-state index in [4.69, 9.17) is 6.57 Å². The van der Waals surface area contributed by atoms with Crippen LogP contribution in [0.2, 0.25) is 0 Å². The molecule has 1 heterocycles. The molecule has 2 aromatic rings. The normalized spacial score (nSPS) is 10.9. The Balaban J connectivity index is 2.52. The number of hydrogen-bond donors (Lipinski definition) is 2. The Morgan fingerprint density at radius 2 is 1.96 bits per heavy atom. The predicted octanol–water partition coefficient (Wildman–Crippen LogP) is 3.51. The monoisotopic (exact) mass is 371 g/mol. The summed E-state index contributed by atoms with van der Waals surface area (Å²) in [5.41, 5.74) is -0.277. The SMILES string of the molecule is [C-]#[N+]CCCn1c(O)c(C)c(C)c(N=Nc2cc([N+](=O)[O-])ccc2O)c1=O. The highest BCUT2D eigenvalue weighted by Crippen LogP contribution is 2.32. The molecule has 0 bridgehead atoms. The molecule has 1 aromatic carbocycles. The third-order valence-electron chi connectivity index (χ3n) is 4.04. The zero-order chi connectivity index (χ0) is 20.1. The molecule has 27 heavy (non-hydrogen) atoms. The van der Waals surface area contributed by atoms with Crippen LogP contribution in [-0.4, -0.2) is 26.2 Å². The average Bonchev–Trinajstić information content (AvgIpc) is 2.64. The summed E-state index contributed by atoms with van der Waals surface area (Å²) in [5, 5.41) is 38.5. The number of non-ortho nitro benzene ring substituents is 1. The second-order valence-electron chi connectivity index (χ2n) is 5.74. The van der Waals surface area contributed by atoms with Gasteiger partial charge in [-0.15, -0.1) is 10.2 Å². The van der Waals surface area contributed by atoms with E-state index in [9.17, 15) is 25.1 Å². The van der Waals surface area contributed by atoms with Crippen molar-refractivity contribution in [1.82, 2.24) is 4.57 Å². The number of phenolic OH excluding ortho intramolecular Hbond substituents is 1. The highest BCUT2D eigenvalue weighted by atomic mass is 16.6. The maximum atomic E-state index is 12.6. The van der Waals surface area contributed by atoms with Gasteiger partial charge in [0.15, 0.2) is 11.6 Å². The third kappa shape index (κ3) is 4.09. The van der Waals surface area contributed by atoms with Gasteiger partial charge in [-0.25, -0.2) is 6.57 Å². The van der Waals surface area contributed by atoms with E-state index < -0.39 is 10.5 Å². The highest BCUT2D eigenvalue weighted by Gasteiger charge is 2.17. The van der Waals surface area contributed by atoms with Crippen molar-refractivity contribution >= 4 is 17.1 Å². The summed E-state index contributed by atoms with van der Waals surface area (Å²) in [6.07, 6.45) is 0.377. The number of phenols is 1. The van der Waals surface area contributed by atoms with E-state index in [1.807, 2.05) is 0 Å². The average molecular weight is 371 g/mol. The zero-order valence-electron chi connectivity index (χ0n) is 14.7. The molecule has 0 atom stereocenters. The van der Waals surface area contributed by atoms with Crippen LogP contribution in [0.4, 0.5) is 17.1 Å². The van der Waals surface area contributed by atoms with Crippen molar-refractivity contribution in [2.24, 2.45) is 10.2 Å². The van der Waals surface area contributed by atoms with E-state index in [2.05, 4.69) is 15.1 Å². The van der Waals surface area contributed by atoms with Gasteiger partial charge in [0, 0.05) is 30.7 Å². The van der Waals surface area contributed by atoms with E-state index >= 15 is 0 Å². The molecule has 0 aliphatic carbocycles. The van der Waals surface area contributed by atoms with Crippen LogP contribution in [0.3, 0.4) is 0 Å². The number of benzene rings is 1. The lowest BCUT2D eigenvalue weighted by molar-refractivity contribution is -0.384. The van der Waals surface area contributed by atoms with Gasteiger partial charge in [-0.05, 0) is 25.5 Å². The van der Waals surface area contributed by atoms with Crippen LogP contribution in [0.5, 0.6) is 11.6 Å². The second kappa shape index (κ2) is 8.09. The third-order valence-corrected chi connectivity index (χ3v) is 4.04. The first kappa shape index (κ1) is 19.6. The lowest BCUT2D eigenvalue weighted by Gasteiger charge is -2.13. The Bertz CT molecular complexity index is 1020. The van der Waals surface area contributed by atoms with Gasteiger partial charge >= 0.3 is 0 Å². The van der Waals surface area contributed by atoms with Crippen molar-refractivity contribution in [2.45, 2.75) is 26.8 Å². The summed E-state index contributed by atoms with van der Waals surface area (Å²) >= 11 is 0. The van der Waals surface area contributed by atoms with Crippen molar-refractivity contribution in [2.75, 3.05) is 6.54 Å². The molecule has 0 unspecified atom stereocenters. The summed E-state index contributed by atoms with van der Waals surface area (Å²) in [6.45, 7) is 10.3. The maximum absolute atomic E-state index is 12.6. The van der Waals surface area contributed by atoms with Crippen LogP contribution in [0.25, 0.3) is 4.85 Å². The van der Waals surface area contributed by atoms with Gasteiger partial charge in [0.2, 0.25) is 6.54 Å². The van der Waals surface area contributed by atoms with Crippen molar-refractivity contribution in [1.29, 1.82) is 0 Å².